The summed E-state index contributed by atoms with van der Waals surface area (Å²) in [4.78, 5) is 23.2. The van der Waals surface area contributed by atoms with Crippen LogP contribution in [0.5, 0.6) is 0 Å². The molecule has 0 saturated carbocycles. The minimum Gasteiger partial charge on any atom is -0.480 e. The molecule has 6 heteroatoms. The van der Waals surface area contributed by atoms with Gasteiger partial charge in [0.05, 0.1) is 6.54 Å². The molecule has 0 unspecified atom stereocenters. The first kappa shape index (κ1) is 17.4. The van der Waals surface area contributed by atoms with Crippen molar-refractivity contribution in [2.24, 2.45) is 0 Å². The maximum absolute atomic E-state index is 11.7. The Morgan fingerprint density at radius 3 is 2.65 bits per heavy atom. The number of esters is 1. The van der Waals surface area contributed by atoms with Crippen LogP contribution in [0.3, 0.4) is 0 Å². The zero-order chi connectivity index (χ0) is 17.0. The fraction of sp³-hybridized carbons (Fsp3) is 0.412. The van der Waals surface area contributed by atoms with Gasteiger partial charge in [-0.3, -0.25) is 14.9 Å². The van der Waals surface area contributed by atoms with Gasteiger partial charge in [-0.1, -0.05) is 18.2 Å². The SMILES string of the molecule is CC(C)(C)OC(=O)CN[C@H](Cc1csc2ccccc12)C(=O)O. The van der Waals surface area contributed by atoms with Gasteiger partial charge in [0, 0.05) is 4.70 Å². The number of thiophene rings is 1. The van der Waals surface area contributed by atoms with Gasteiger partial charge >= 0.3 is 11.9 Å². The highest BCUT2D eigenvalue weighted by Gasteiger charge is 2.22. The normalized spacial score (nSPS) is 13.0. The number of carbonyl (C=O) groups excluding carboxylic acids is 1. The molecule has 2 rings (SSSR count). The number of hydrogen-bond donors (Lipinski definition) is 2. The van der Waals surface area contributed by atoms with Crippen LogP contribution in [-0.4, -0.2) is 35.2 Å². The van der Waals surface area contributed by atoms with Crippen LogP contribution < -0.4 is 5.32 Å². The molecule has 0 radical (unpaired) electrons. The summed E-state index contributed by atoms with van der Waals surface area (Å²) in [5, 5.41) is 15.2. The molecule has 2 aromatic rings. The number of carboxylic acids is 1. The predicted molar refractivity (Wildman–Crippen MR) is 90.8 cm³/mol. The molecular formula is C17H21NO4S. The fourth-order valence-electron chi connectivity index (χ4n) is 2.24. The van der Waals surface area contributed by atoms with E-state index in [2.05, 4.69) is 5.32 Å². The van der Waals surface area contributed by atoms with Crippen molar-refractivity contribution >= 4 is 33.4 Å². The Bertz CT molecular complexity index is 702. The Balaban J connectivity index is 2.02. The molecule has 2 N–H and O–H groups in total. The van der Waals surface area contributed by atoms with Crippen molar-refractivity contribution in [3.8, 4) is 0 Å². The molecule has 5 nitrogen and oxygen atoms in total. The van der Waals surface area contributed by atoms with Gasteiger partial charge in [-0.05, 0) is 49.6 Å². The van der Waals surface area contributed by atoms with Crippen LogP contribution in [0.1, 0.15) is 26.3 Å². The van der Waals surface area contributed by atoms with Crippen molar-refractivity contribution in [1.82, 2.24) is 5.32 Å². The van der Waals surface area contributed by atoms with Gasteiger partial charge in [0.15, 0.2) is 0 Å². The number of carbonyl (C=O) groups is 2. The van der Waals surface area contributed by atoms with Crippen LogP contribution in [0, 0.1) is 0 Å². The quantitative estimate of drug-likeness (QED) is 0.794. The standard InChI is InChI=1S/C17H21NO4S/c1-17(2,3)22-15(19)9-18-13(16(20)21)8-11-10-23-14-7-5-4-6-12(11)14/h4-7,10,13,18H,8-9H2,1-3H3,(H,20,21)/t13-/m1/s1. The average Bonchev–Trinajstić information content (AvgIpc) is 2.84. The summed E-state index contributed by atoms with van der Waals surface area (Å²) < 4.78 is 6.30. The smallest absolute Gasteiger partial charge is 0.321 e. The summed E-state index contributed by atoms with van der Waals surface area (Å²) in [5.74, 6) is -1.44. The summed E-state index contributed by atoms with van der Waals surface area (Å²) in [5.41, 5.74) is 0.385. The van der Waals surface area contributed by atoms with E-state index in [4.69, 9.17) is 4.74 Å². The molecule has 1 heterocycles. The third kappa shape index (κ3) is 5.04. The lowest BCUT2D eigenvalue weighted by Crippen LogP contribution is -2.42. The summed E-state index contributed by atoms with van der Waals surface area (Å²) in [6.07, 6.45) is 0.322. The van der Waals surface area contributed by atoms with E-state index in [1.165, 1.54) is 0 Å². The summed E-state index contributed by atoms with van der Waals surface area (Å²) in [6, 6.07) is 7.04. The Labute approximate surface area is 139 Å². The molecule has 0 amide bonds. The fourth-order valence-corrected chi connectivity index (χ4v) is 3.22. The summed E-state index contributed by atoms with van der Waals surface area (Å²) in [7, 11) is 0. The molecule has 1 atom stereocenters. The van der Waals surface area contributed by atoms with Crippen LogP contribution in [0.15, 0.2) is 29.6 Å². The van der Waals surface area contributed by atoms with Crippen molar-refractivity contribution < 1.29 is 19.4 Å². The molecule has 1 aromatic heterocycles. The lowest BCUT2D eigenvalue weighted by molar-refractivity contribution is -0.154. The Morgan fingerprint density at radius 2 is 2.00 bits per heavy atom. The van der Waals surface area contributed by atoms with Gasteiger partial charge in [-0.15, -0.1) is 11.3 Å². The van der Waals surface area contributed by atoms with E-state index in [-0.39, 0.29) is 6.54 Å². The van der Waals surface area contributed by atoms with Crippen LogP contribution in [-0.2, 0) is 20.7 Å². The molecule has 0 aliphatic carbocycles. The number of aliphatic carboxylic acids is 1. The van der Waals surface area contributed by atoms with Crippen molar-refractivity contribution in [1.29, 1.82) is 0 Å². The second-order valence-corrected chi connectivity index (χ2v) is 7.23. The largest absolute Gasteiger partial charge is 0.480 e. The number of hydrogen-bond acceptors (Lipinski definition) is 5. The highest BCUT2D eigenvalue weighted by atomic mass is 32.1. The molecule has 0 bridgehead atoms. The molecule has 0 saturated heterocycles. The molecule has 0 aliphatic heterocycles. The number of rotatable bonds is 6. The molecule has 0 spiro atoms. The van der Waals surface area contributed by atoms with Crippen molar-refractivity contribution in [3.63, 3.8) is 0 Å². The van der Waals surface area contributed by atoms with E-state index in [0.717, 1.165) is 15.6 Å². The van der Waals surface area contributed by atoms with Crippen LogP contribution in [0.2, 0.25) is 0 Å². The maximum atomic E-state index is 11.7. The maximum Gasteiger partial charge on any atom is 0.321 e. The van der Waals surface area contributed by atoms with Gasteiger partial charge in [0.2, 0.25) is 0 Å². The topological polar surface area (TPSA) is 75.6 Å². The molecule has 1 aromatic carbocycles. The van der Waals surface area contributed by atoms with Crippen LogP contribution in [0.25, 0.3) is 10.1 Å². The molecule has 23 heavy (non-hydrogen) atoms. The lowest BCUT2D eigenvalue weighted by Gasteiger charge is -2.20. The molecule has 0 aliphatic rings. The number of fused-ring (bicyclic) bond motifs is 1. The first-order chi connectivity index (χ1) is 10.8. The van der Waals surface area contributed by atoms with E-state index >= 15 is 0 Å². The van der Waals surface area contributed by atoms with Crippen molar-refractivity contribution in [2.75, 3.05) is 6.54 Å². The minimum atomic E-state index is -0.983. The Morgan fingerprint density at radius 1 is 1.30 bits per heavy atom. The molecule has 0 fully saturated rings. The first-order valence-corrected chi connectivity index (χ1v) is 8.27. The Hall–Kier alpha value is -1.92. The monoisotopic (exact) mass is 335 g/mol. The van der Waals surface area contributed by atoms with Crippen LogP contribution in [0.4, 0.5) is 0 Å². The third-order valence-electron chi connectivity index (χ3n) is 3.20. The van der Waals surface area contributed by atoms with E-state index in [0.29, 0.717) is 6.42 Å². The van der Waals surface area contributed by atoms with Gasteiger partial charge in [0.1, 0.15) is 11.6 Å². The van der Waals surface area contributed by atoms with Crippen LogP contribution >= 0.6 is 11.3 Å². The Kier molecular flexibility index (Phi) is 5.38. The van der Waals surface area contributed by atoms with Gasteiger partial charge < -0.3 is 9.84 Å². The van der Waals surface area contributed by atoms with E-state index in [1.807, 2.05) is 29.6 Å². The number of nitrogens with one attached hydrogen (secondary N) is 1. The number of carboxylic acid groups (broad SMARTS) is 1. The highest BCUT2D eigenvalue weighted by Crippen LogP contribution is 2.26. The van der Waals surface area contributed by atoms with Crippen molar-refractivity contribution in [3.05, 3.63) is 35.2 Å². The average molecular weight is 335 g/mol. The summed E-state index contributed by atoms with van der Waals surface area (Å²) in [6.45, 7) is 5.20. The van der Waals surface area contributed by atoms with E-state index in [9.17, 15) is 14.7 Å². The zero-order valence-electron chi connectivity index (χ0n) is 13.5. The van der Waals surface area contributed by atoms with E-state index < -0.39 is 23.6 Å². The third-order valence-corrected chi connectivity index (χ3v) is 4.21. The van der Waals surface area contributed by atoms with Gasteiger partial charge in [-0.25, -0.2) is 0 Å². The zero-order valence-corrected chi connectivity index (χ0v) is 14.3. The minimum absolute atomic E-state index is 0.129. The van der Waals surface area contributed by atoms with E-state index in [1.54, 1.807) is 32.1 Å². The second-order valence-electron chi connectivity index (χ2n) is 6.32. The second kappa shape index (κ2) is 7.10. The first-order valence-electron chi connectivity index (χ1n) is 7.39. The number of ether oxygens (including phenoxy) is 1. The van der Waals surface area contributed by atoms with Crippen molar-refractivity contribution in [2.45, 2.75) is 38.8 Å². The van der Waals surface area contributed by atoms with Gasteiger partial charge in [-0.2, -0.15) is 0 Å². The number of benzene rings is 1. The lowest BCUT2D eigenvalue weighted by atomic mass is 10.1. The summed E-state index contributed by atoms with van der Waals surface area (Å²) >= 11 is 1.59. The molecule has 124 valence electrons. The highest BCUT2D eigenvalue weighted by molar-refractivity contribution is 7.17. The molecular weight excluding hydrogens is 314 g/mol. The van der Waals surface area contributed by atoms with Gasteiger partial charge in [0.25, 0.3) is 0 Å². The predicted octanol–water partition coefficient (Wildman–Crippen LogP) is 2.83.